The average molecular weight is 432 g/mol. The molecule has 0 bridgehead atoms. The molecule has 0 N–H and O–H groups in total. The minimum Gasteiger partial charge on any atom is -0.487 e. The van der Waals surface area contributed by atoms with Gasteiger partial charge in [0, 0.05) is 29.0 Å². The number of ether oxygens (including phenoxy) is 1. The highest BCUT2D eigenvalue weighted by molar-refractivity contribution is 5.82. The van der Waals surface area contributed by atoms with E-state index >= 15 is 0 Å². The summed E-state index contributed by atoms with van der Waals surface area (Å²) in [6, 6.07) is 28.7. The van der Waals surface area contributed by atoms with E-state index in [0.29, 0.717) is 6.61 Å². The monoisotopic (exact) mass is 432 g/mol. The minimum absolute atomic E-state index is 0.431. The van der Waals surface area contributed by atoms with Crippen LogP contribution in [0.4, 0.5) is 0 Å². The second-order valence-electron chi connectivity index (χ2n) is 7.87. The minimum atomic E-state index is 0.431. The third kappa shape index (κ3) is 3.92. The summed E-state index contributed by atoms with van der Waals surface area (Å²) < 4.78 is 9.93. The summed E-state index contributed by atoms with van der Waals surface area (Å²) in [4.78, 5) is 4.69. The molecule has 0 amide bonds. The molecule has 6 aromatic rings. The lowest BCUT2D eigenvalue weighted by Gasteiger charge is -2.10. The Morgan fingerprint density at radius 2 is 1.79 bits per heavy atom. The number of benzene rings is 3. The van der Waals surface area contributed by atoms with Crippen molar-refractivity contribution in [2.45, 2.75) is 13.2 Å². The second-order valence-corrected chi connectivity index (χ2v) is 7.87. The Morgan fingerprint density at radius 1 is 0.818 bits per heavy atom. The molecule has 3 aromatic carbocycles. The van der Waals surface area contributed by atoms with Crippen molar-refractivity contribution in [1.29, 1.82) is 0 Å². The molecule has 0 spiro atoms. The highest BCUT2D eigenvalue weighted by Gasteiger charge is 2.06. The summed E-state index contributed by atoms with van der Waals surface area (Å²) in [7, 11) is 0. The fourth-order valence-electron chi connectivity index (χ4n) is 4.02. The number of pyridine rings is 1. The van der Waals surface area contributed by atoms with E-state index in [2.05, 4.69) is 68.8 Å². The Morgan fingerprint density at radius 3 is 2.73 bits per heavy atom. The van der Waals surface area contributed by atoms with Crippen molar-refractivity contribution in [1.82, 2.24) is 29.8 Å². The Hall–Kier alpha value is -4.52. The van der Waals surface area contributed by atoms with Crippen LogP contribution in [0.1, 0.15) is 11.3 Å². The van der Waals surface area contributed by atoms with E-state index in [-0.39, 0.29) is 0 Å². The topological polar surface area (TPSA) is 70.7 Å². The van der Waals surface area contributed by atoms with Crippen LogP contribution in [0.15, 0.2) is 97.5 Å². The molecule has 3 aromatic heterocycles. The molecule has 0 saturated carbocycles. The van der Waals surface area contributed by atoms with Gasteiger partial charge < -0.3 is 9.30 Å². The van der Waals surface area contributed by atoms with Crippen molar-refractivity contribution in [3.63, 3.8) is 0 Å². The van der Waals surface area contributed by atoms with Crippen LogP contribution in [-0.4, -0.2) is 29.8 Å². The van der Waals surface area contributed by atoms with Crippen LogP contribution in [0.3, 0.4) is 0 Å². The summed E-state index contributed by atoms with van der Waals surface area (Å²) in [6.45, 7) is 1.18. The van der Waals surface area contributed by atoms with Gasteiger partial charge in [0.1, 0.15) is 18.7 Å². The molecule has 0 aliphatic rings. The number of tetrazole rings is 1. The number of rotatable bonds is 6. The first-order valence-electron chi connectivity index (χ1n) is 10.7. The lowest BCUT2D eigenvalue weighted by atomic mass is 10.2. The highest BCUT2D eigenvalue weighted by Crippen LogP contribution is 2.22. The molecular formula is C26H20N6O. The number of para-hydroxylation sites is 1. The van der Waals surface area contributed by atoms with Gasteiger partial charge in [-0.3, -0.25) is 0 Å². The Bertz CT molecular complexity index is 1550. The Labute approximate surface area is 189 Å². The average Bonchev–Trinajstić information content (AvgIpc) is 3.53. The maximum absolute atomic E-state index is 6.05. The number of nitrogens with zero attached hydrogens (tertiary/aromatic N) is 6. The van der Waals surface area contributed by atoms with Gasteiger partial charge in [0.2, 0.25) is 0 Å². The molecule has 7 heteroatoms. The van der Waals surface area contributed by atoms with E-state index in [1.807, 2.05) is 42.5 Å². The van der Waals surface area contributed by atoms with E-state index in [0.717, 1.165) is 45.5 Å². The normalized spacial score (nSPS) is 11.3. The molecule has 0 fully saturated rings. The Kier molecular flexibility index (Phi) is 4.77. The first-order valence-corrected chi connectivity index (χ1v) is 10.7. The van der Waals surface area contributed by atoms with Crippen LogP contribution >= 0.6 is 0 Å². The standard InChI is InChI=1S/C26H20N6O/c1-2-7-25-20(5-1)8-9-22(28-25)17-33-24-6-3-4-19(14-24)16-31-13-12-21-15-23(10-11-26(21)31)32-18-27-29-30-32/h1-15,18H,16-17H2. The molecule has 0 radical (unpaired) electrons. The van der Waals surface area contributed by atoms with Crippen molar-refractivity contribution in [2.75, 3.05) is 0 Å². The number of hydrogen-bond donors (Lipinski definition) is 0. The lowest BCUT2D eigenvalue weighted by molar-refractivity contribution is 0.301. The van der Waals surface area contributed by atoms with Crippen molar-refractivity contribution in [2.24, 2.45) is 0 Å². The van der Waals surface area contributed by atoms with Crippen LogP contribution in [-0.2, 0) is 13.2 Å². The highest BCUT2D eigenvalue weighted by atomic mass is 16.5. The molecule has 7 nitrogen and oxygen atoms in total. The SMILES string of the molecule is c1cc(Cn2ccc3cc(-n4cnnn4)ccc32)cc(OCc2ccc3ccccc3n2)c1. The van der Waals surface area contributed by atoms with Crippen LogP contribution in [0.2, 0.25) is 0 Å². The summed E-state index contributed by atoms with van der Waals surface area (Å²) in [5.41, 5.74) is 5.14. The molecule has 6 rings (SSSR count). The molecular weight excluding hydrogens is 412 g/mol. The van der Waals surface area contributed by atoms with Gasteiger partial charge in [-0.1, -0.05) is 36.4 Å². The van der Waals surface area contributed by atoms with Crippen LogP contribution in [0.25, 0.3) is 27.5 Å². The van der Waals surface area contributed by atoms with Crippen molar-refractivity contribution < 1.29 is 4.74 Å². The summed E-state index contributed by atoms with van der Waals surface area (Å²) in [6.07, 6.45) is 3.69. The van der Waals surface area contributed by atoms with E-state index in [1.54, 1.807) is 11.0 Å². The first-order chi connectivity index (χ1) is 16.3. The summed E-state index contributed by atoms with van der Waals surface area (Å²) >= 11 is 0. The maximum atomic E-state index is 6.05. The fourth-order valence-corrected chi connectivity index (χ4v) is 4.02. The van der Waals surface area contributed by atoms with Crippen molar-refractivity contribution in [3.05, 3.63) is 109 Å². The molecule has 160 valence electrons. The van der Waals surface area contributed by atoms with Gasteiger partial charge in [-0.05, 0) is 64.5 Å². The maximum Gasteiger partial charge on any atom is 0.143 e. The van der Waals surface area contributed by atoms with Gasteiger partial charge in [0.25, 0.3) is 0 Å². The van der Waals surface area contributed by atoms with Crippen molar-refractivity contribution >= 4 is 21.8 Å². The molecule has 0 unspecified atom stereocenters. The van der Waals surface area contributed by atoms with E-state index in [4.69, 9.17) is 9.72 Å². The predicted octanol–water partition coefficient (Wildman–Crippen LogP) is 4.79. The molecule has 0 aliphatic carbocycles. The number of hydrogen-bond acceptors (Lipinski definition) is 5. The molecule has 33 heavy (non-hydrogen) atoms. The zero-order chi connectivity index (χ0) is 22.0. The third-order valence-electron chi connectivity index (χ3n) is 5.66. The van der Waals surface area contributed by atoms with Gasteiger partial charge in [0.05, 0.1) is 16.9 Å². The second kappa shape index (κ2) is 8.20. The zero-order valence-electron chi connectivity index (χ0n) is 17.7. The summed E-state index contributed by atoms with van der Waals surface area (Å²) in [5, 5.41) is 13.6. The van der Waals surface area contributed by atoms with Crippen molar-refractivity contribution in [3.8, 4) is 11.4 Å². The van der Waals surface area contributed by atoms with Gasteiger partial charge >= 0.3 is 0 Å². The van der Waals surface area contributed by atoms with Crippen LogP contribution < -0.4 is 4.74 Å². The Balaban J connectivity index is 1.18. The van der Waals surface area contributed by atoms with Gasteiger partial charge in [-0.25, -0.2) is 9.67 Å². The van der Waals surface area contributed by atoms with Crippen LogP contribution in [0.5, 0.6) is 5.75 Å². The van der Waals surface area contributed by atoms with E-state index in [1.165, 1.54) is 5.56 Å². The lowest BCUT2D eigenvalue weighted by Crippen LogP contribution is -2.01. The quantitative estimate of drug-likeness (QED) is 0.378. The first kappa shape index (κ1) is 19.2. The molecule has 0 saturated heterocycles. The van der Waals surface area contributed by atoms with Gasteiger partial charge in [-0.15, -0.1) is 5.10 Å². The summed E-state index contributed by atoms with van der Waals surface area (Å²) in [5.74, 6) is 0.833. The predicted molar refractivity (Wildman–Crippen MR) is 126 cm³/mol. The van der Waals surface area contributed by atoms with Gasteiger partial charge in [-0.2, -0.15) is 0 Å². The smallest absolute Gasteiger partial charge is 0.143 e. The van der Waals surface area contributed by atoms with Gasteiger partial charge in [0.15, 0.2) is 0 Å². The molecule has 3 heterocycles. The largest absolute Gasteiger partial charge is 0.487 e. The number of aromatic nitrogens is 6. The number of fused-ring (bicyclic) bond motifs is 2. The molecule has 0 atom stereocenters. The molecule has 0 aliphatic heterocycles. The third-order valence-corrected chi connectivity index (χ3v) is 5.66. The van der Waals surface area contributed by atoms with E-state index < -0.39 is 0 Å². The fraction of sp³-hybridized carbons (Fsp3) is 0.0769. The zero-order valence-corrected chi connectivity index (χ0v) is 17.7. The van der Waals surface area contributed by atoms with E-state index in [9.17, 15) is 0 Å². The van der Waals surface area contributed by atoms with Crippen LogP contribution in [0, 0.1) is 0 Å².